The molecule has 4 N–H and O–H groups in total. The van der Waals surface area contributed by atoms with Gasteiger partial charge in [-0.05, 0) is 60.5 Å². The number of halogens is 1. The van der Waals surface area contributed by atoms with Gasteiger partial charge in [0.05, 0.1) is 21.2 Å². The molecule has 0 aliphatic heterocycles. The maximum atomic E-state index is 13.0. The number of pyridine rings is 1. The zero-order valence-electron chi connectivity index (χ0n) is 19.0. The molecule has 0 spiro atoms. The number of nitrogens with two attached hydrogens (primary N) is 1. The number of anilines is 2. The molecule has 182 valence electrons. The summed E-state index contributed by atoms with van der Waals surface area (Å²) in [5.74, 6) is -0.571. The number of carbonyl (C=O) groups excluding carboxylic acids is 2. The molecule has 36 heavy (non-hydrogen) atoms. The van der Waals surface area contributed by atoms with Crippen molar-refractivity contribution < 1.29 is 18.0 Å². The van der Waals surface area contributed by atoms with Crippen LogP contribution >= 0.6 is 11.6 Å². The van der Waals surface area contributed by atoms with Crippen molar-refractivity contribution in [2.75, 3.05) is 10.6 Å². The third-order valence-corrected chi connectivity index (χ3v) is 6.48. The van der Waals surface area contributed by atoms with Gasteiger partial charge in [0.15, 0.2) is 0 Å². The summed E-state index contributed by atoms with van der Waals surface area (Å²) in [5, 5.41) is 11.2. The van der Waals surface area contributed by atoms with Crippen LogP contribution in [-0.4, -0.2) is 25.2 Å². The zero-order valence-corrected chi connectivity index (χ0v) is 20.6. The van der Waals surface area contributed by atoms with E-state index in [1.165, 1.54) is 12.3 Å². The molecule has 0 aliphatic carbocycles. The highest BCUT2D eigenvalue weighted by molar-refractivity contribution is 7.89. The van der Waals surface area contributed by atoms with E-state index in [2.05, 4.69) is 15.6 Å². The summed E-state index contributed by atoms with van der Waals surface area (Å²) in [6.07, 6.45) is 1.42. The smallest absolute Gasteiger partial charge is 0.258 e. The molecule has 10 heteroatoms. The first kappa shape index (κ1) is 25.1. The molecular formula is C26H21ClN4O4S. The Kier molecular flexibility index (Phi) is 7.16. The number of sulfonamides is 1. The monoisotopic (exact) mass is 520 g/mol. The fraction of sp³-hybridized carbons (Fsp3) is 0.0385. The number of primary sulfonamides is 1. The first-order valence-electron chi connectivity index (χ1n) is 10.7. The van der Waals surface area contributed by atoms with Crippen molar-refractivity contribution in [1.29, 1.82) is 0 Å². The summed E-state index contributed by atoms with van der Waals surface area (Å²) in [5.41, 5.74) is 2.77. The first-order chi connectivity index (χ1) is 17.1. The zero-order chi connectivity index (χ0) is 25.9. The third-order valence-electron chi connectivity index (χ3n) is 5.29. The van der Waals surface area contributed by atoms with Gasteiger partial charge in [0.25, 0.3) is 11.8 Å². The van der Waals surface area contributed by atoms with Crippen LogP contribution in [0, 0.1) is 6.92 Å². The number of aromatic nitrogens is 1. The topological polar surface area (TPSA) is 131 Å². The average molecular weight is 521 g/mol. The van der Waals surface area contributed by atoms with Crippen LogP contribution in [0.15, 0.2) is 90.0 Å². The van der Waals surface area contributed by atoms with Crippen molar-refractivity contribution >= 4 is 44.9 Å². The predicted octanol–water partition coefficient (Wildman–Crippen LogP) is 4.86. The highest BCUT2D eigenvalue weighted by Crippen LogP contribution is 2.27. The van der Waals surface area contributed by atoms with Crippen molar-refractivity contribution in [2.45, 2.75) is 11.8 Å². The van der Waals surface area contributed by atoms with Crippen molar-refractivity contribution in [1.82, 2.24) is 4.98 Å². The normalized spacial score (nSPS) is 11.1. The van der Waals surface area contributed by atoms with E-state index >= 15 is 0 Å². The lowest BCUT2D eigenvalue weighted by atomic mass is 10.0. The minimum atomic E-state index is -3.92. The summed E-state index contributed by atoms with van der Waals surface area (Å²) in [7, 11) is -3.92. The molecule has 0 atom stereocenters. The molecule has 0 radical (unpaired) electrons. The van der Waals surface area contributed by atoms with E-state index in [4.69, 9.17) is 16.7 Å². The van der Waals surface area contributed by atoms with Crippen LogP contribution in [-0.2, 0) is 10.0 Å². The molecule has 0 fully saturated rings. The maximum absolute atomic E-state index is 13.0. The number of benzene rings is 3. The van der Waals surface area contributed by atoms with E-state index in [1.807, 2.05) is 6.92 Å². The molecular weight excluding hydrogens is 500 g/mol. The van der Waals surface area contributed by atoms with Gasteiger partial charge in [0.2, 0.25) is 10.0 Å². The number of amides is 2. The first-order valence-corrected chi connectivity index (χ1v) is 12.6. The minimum absolute atomic E-state index is 0.00667. The minimum Gasteiger partial charge on any atom is -0.321 e. The van der Waals surface area contributed by atoms with Crippen molar-refractivity contribution in [3.05, 3.63) is 107 Å². The molecule has 2 amide bonds. The number of carbonyl (C=O) groups is 2. The van der Waals surface area contributed by atoms with Gasteiger partial charge in [-0.2, -0.15) is 0 Å². The molecule has 0 saturated carbocycles. The van der Waals surface area contributed by atoms with Crippen LogP contribution in [0.3, 0.4) is 0 Å². The van der Waals surface area contributed by atoms with Crippen LogP contribution in [0.4, 0.5) is 11.5 Å². The van der Waals surface area contributed by atoms with Gasteiger partial charge in [-0.25, -0.2) is 18.5 Å². The molecule has 0 saturated heterocycles. The molecule has 1 heterocycles. The summed E-state index contributed by atoms with van der Waals surface area (Å²) in [4.78, 5) is 29.9. The number of rotatable bonds is 6. The Morgan fingerprint density at radius 1 is 0.889 bits per heavy atom. The van der Waals surface area contributed by atoms with Gasteiger partial charge >= 0.3 is 0 Å². The van der Waals surface area contributed by atoms with Crippen molar-refractivity contribution in [3.63, 3.8) is 0 Å². The van der Waals surface area contributed by atoms with Crippen LogP contribution in [0.25, 0.3) is 11.1 Å². The van der Waals surface area contributed by atoms with Crippen LogP contribution < -0.4 is 15.8 Å². The molecule has 3 aromatic carbocycles. The third kappa shape index (κ3) is 5.77. The second-order valence-corrected chi connectivity index (χ2v) is 9.90. The SMILES string of the molecule is Cc1ccc(C(=O)Nc2ccc(Cl)cn2)c(NC(=O)c2ccc(-c3ccccc3S(N)(=O)=O)cc2)c1. The van der Waals surface area contributed by atoms with E-state index in [9.17, 15) is 18.0 Å². The highest BCUT2D eigenvalue weighted by atomic mass is 35.5. The van der Waals surface area contributed by atoms with E-state index in [0.29, 0.717) is 33.2 Å². The van der Waals surface area contributed by atoms with Gasteiger partial charge in [0, 0.05) is 17.3 Å². The molecule has 8 nitrogen and oxygen atoms in total. The summed E-state index contributed by atoms with van der Waals surface area (Å²) in [6.45, 7) is 1.84. The van der Waals surface area contributed by atoms with Gasteiger partial charge in [-0.3, -0.25) is 9.59 Å². The van der Waals surface area contributed by atoms with Gasteiger partial charge in [0.1, 0.15) is 5.82 Å². The number of hydrogen-bond acceptors (Lipinski definition) is 5. The molecule has 0 aliphatic rings. The van der Waals surface area contributed by atoms with E-state index < -0.39 is 21.8 Å². The number of nitrogens with one attached hydrogen (secondary N) is 2. The summed E-state index contributed by atoms with van der Waals surface area (Å²) in [6, 6.07) is 21.0. The van der Waals surface area contributed by atoms with Gasteiger partial charge in [-0.1, -0.05) is 48.0 Å². The fourth-order valence-electron chi connectivity index (χ4n) is 3.54. The van der Waals surface area contributed by atoms with Crippen molar-refractivity contribution in [2.24, 2.45) is 5.14 Å². The Balaban J connectivity index is 1.57. The second kappa shape index (κ2) is 10.3. The number of nitrogens with zero attached hydrogens (tertiary/aromatic N) is 1. The lowest BCUT2D eigenvalue weighted by Crippen LogP contribution is -2.19. The lowest BCUT2D eigenvalue weighted by Gasteiger charge is -2.13. The molecule has 4 aromatic rings. The van der Waals surface area contributed by atoms with Gasteiger partial charge in [-0.15, -0.1) is 0 Å². The molecule has 0 bridgehead atoms. The molecule has 4 rings (SSSR count). The van der Waals surface area contributed by atoms with Crippen LogP contribution in [0.5, 0.6) is 0 Å². The Hall–Kier alpha value is -4.05. The predicted molar refractivity (Wildman–Crippen MR) is 140 cm³/mol. The highest BCUT2D eigenvalue weighted by Gasteiger charge is 2.17. The molecule has 0 unspecified atom stereocenters. The van der Waals surface area contributed by atoms with Crippen LogP contribution in [0.1, 0.15) is 26.3 Å². The van der Waals surface area contributed by atoms with E-state index in [1.54, 1.807) is 72.8 Å². The Morgan fingerprint density at radius 2 is 1.61 bits per heavy atom. The maximum Gasteiger partial charge on any atom is 0.258 e. The van der Waals surface area contributed by atoms with E-state index in [-0.39, 0.29) is 10.5 Å². The fourth-order valence-corrected chi connectivity index (χ4v) is 4.41. The molecule has 1 aromatic heterocycles. The van der Waals surface area contributed by atoms with Crippen LogP contribution in [0.2, 0.25) is 5.02 Å². The summed E-state index contributed by atoms with van der Waals surface area (Å²) >= 11 is 5.84. The average Bonchev–Trinajstić information content (AvgIpc) is 2.85. The Labute approximate surface area is 213 Å². The Morgan fingerprint density at radius 3 is 2.28 bits per heavy atom. The Bertz CT molecular complexity index is 1550. The van der Waals surface area contributed by atoms with E-state index in [0.717, 1.165) is 5.56 Å². The van der Waals surface area contributed by atoms with Gasteiger partial charge < -0.3 is 10.6 Å². The number of hydrogen-bond donors (Lipinski definition) is 3. The lowest BCUT2D eigenvalue weighted by molar-refractivity contribution is 0.102. The largest absolute Gasteiger partial charge is 0.321 e. The second-order valence-electron chi connectivity index (χ2n) is 7.94. The quantitative estimate of drug-likeness (QED) is 0.334. The number of aryl methyl sites for hydroxylation is 1. The standard InChI is InChI=1S/C26H21ClN4O4S/c1-16-6-12-21(26(33)31-24-13-11-19(27)15-29-24)22(14-16)30-25(32)18-9-7-17(8-10-18)20-4-2-3-5-23(20)36(28,34)35/h2-15H,1H3,(H,30,32)(H2,28,34,35)(H,29,31,33). The summed E-state index contributed by atoms with van der Waals surface area (Å²) < 4.78 is 23.8. The van der Waals surface area contributed by atoms with Crippen molar-refractivity contribution in [3.8, 4) is 11.1 Å².